The lowest BCUT2D eigenvalue weighted by Crippen LogP contribution is -2.57. The largest absolute Gasteiger partial charge is 0.451 e. The van der Waals surface area contributed by atoms with Crippen LogP contribution >= 0.6 is 0 Å². The number of carbonyl (C=O) groups excluding carboxylic acids is 3. The minimum absolute atomic E-state index is 0.00716. The number of carbonyl (C=O) groups is 3. The number of aromatic nitrogens is 1. The van der Waals surface area contributed by atoms with Gasteiger partial charge in [0.05, 0.1) is 26.4 Å². The number of benzene rings is 1. The number of alkyl carbamates (subject to hydrolysis) is 1. The Morgan fingerprint density at radius 2 is 1.91 bits per heavy atom. The summed E-state index contributed by atoms with van der Waals surface area (Å²) in [5.41, 5.74) is -1.41. The summed E-state index contributed by atoms with van der Waals surface area (Å²) < 4.78 is 50.5. The van der Waals surface area contributed by atoms with E-state index in [1.807, 2.05) is 6.92 Å². The van der Waals surface area contributed by atoms with Crippen LogP contribution in [0.25, 0.3) is 0 Å². The number of ether oxygens (including phenoxy) is 4. The van der Waals surface area contributed by atoms with Gasteiger partial charge in [-0.2, -0.15) is 0 Å². The minimum Gasteiger partial charge on any atom is -0.451 e. The molecule has 0 radical (unpaired) electrons. The second-order valence-electron chi connectivity index (χ2n) is 10.4. The van der Waals surface area contributed by atoms with Crippen molar-refractivity contribution in [2.45, 2.75) is 38.7 Å². The highest BCUT2D eigenvalue weighted by molar-refractivity contribution is 5.99. The second-order valence-corrected chi connectivity index (χ2v) is 10.4. The third kappa shape index (κ3) is 6.95. The van der Waals surface area contributed by atoms with Gasteiger partial charge in [0, 0.05) is 56.6 Å². The van der Waals surface area contributed by atoms with E-state index >= 15 is 0 Å². The lowest BCUT2D eigenvalue weighted by Gasteiger charge is -2.44. The summed E-state index contributed by atoms with van der Waals surface area (Å²) in [4.78, 5) is 56.1. The monoisotopic (exact) mass is 605 g/mol. The summed E-state index contributed by atoms with van der Waals surface area (Å²) in [6.45, 7) is 5.04. The summed E-state index contributed by atoms with van der Waals surface area (Å²) in [5.74, 6) is -3.51. The van der Waals surface area contributed by atoms with Crippen molar-refractivity contribution in [1.29, 1.82) is 0 Å². The van der Waals surface area contributed by atoms with Gasteiger partial charge in [-0.15, -0.1) is 0 Å². The van der Waals surface area contributed by atoms with E-state index in [9.17, 15) is 28.0 Å². The van der Waals surface area contributed by atoms with Crippen molar-refractivity contribution in [3.63, 3.8) is 0 Å². The van der Waals surface area contributed by atoms with E-state index in [1.54, 1.807) is 0 Å². The maximum absolute atomic E-state index is 14.1. The van der Waals surface area contributed by atoms with Crippen LogP contribution in [0, 0.1) is 11.6 Å². The standard InChI is InChI=1S/C28H33F2N5O8/c1-17-4-9-41-22-15-34-14-20(26(37)32-13-18-2-3-19(29)12-21(18)30)24(36)25(23(34)27(38)35(17)22)42-16-43-28(39)31-5-6-33-7-10-40-11-8-33/h2-3,12,14,17,22H,4-11,13,15-16H2,1H3,(H,31,39)(H,32,37). The molecular formula is C28H33F2N5O8. The van der Waals surface area contributed by atoms with Crippen molar-refractivity contribution >= 4 is 17.9 Å². The Balaban J connectivity index is 1.32. The number of nitrogens with zero attached hydrogens (tertiary/aromatic N) is 3. The van der Waals surface area contributed by atoms with E-state index in [0.29, 0.717) is 45.4 Å². The minimum atomic E-state index is -0.919. The van der Waals surface area contributed by atoms with Crippen LogP contribution in [0.15, 0.2) is 29.2 Å². The molecular weight excluding hydrogens is 572 g/mol. The molecule has 2 aromatic rings. The Morgan fingerprint density at radius 1 is 1.12 bits per heavy atom. The Morgan fingerprint density at radius 3 is 2.67 bits per heavy atom. The number of amides is 3. The maximum Gasteiger partial charge on any atom is 0.410 e. The van der Waals surface area contributed by atoms with Crippen molar-refractivity contribution in [1.82, 2.24) is 25.0 Å². The predicted octanol–water partition coefficient (Wildman–Crippen LogP) is 1.04. The first-order valence-electron chi connectivity index (χ1n) is 14.0. The summed E-state index contributed by atoms with van der Waals surface area (Å²) >= 11 is 0. The van der Waals surface area contributed by atoms with Crippen LogP contribution in [0.2, 0.25) is 0 Å². The Hall–Kier alpha value is -4.08. The molecule has 2 fully saturated rings. The molecule has 2 atom stereocenters. The quantitative estimate of drug-likeness (QED) is 0.401. The van der Waals surface area contributed by atoms with Crippen LogP contribution in [0.3, 0.4) is 0 Å². The van der Waals surface area contributed by atoms with Gasteiger partial charge in [0.15, 0.2) is 11.9 Å². The summed E-state index contributed by atoms with van der Waals surface area (Å²) in [6.07, 6.45) is 0.396. The number of hydrogen-bond donors (Lipinski definition) is 2. The molecule has 2 N–H and O–H groups in total. The molecule has 15 heteroatoms. The van der Waals surface area contributed by atoms with Gasteiger partial charge in [-0.25, -0.2) is 13.6 Å². The number of morpholine rings is 1. The molecule has 0 bridgehead atoms. The van der Waals surface area contributed by atoms with Gasteiger partial charge in [-0.1, -0.05) is 6.07 Å². The van der Waals surface area contributed by atoms with Gasteiger partial charge < -0.3 is 39.0 Å². The fraction of sp³-hybridized carbons (Fsp3) is 0.500. The molecule has 1 aromatic carbocycles. The normalized spacial score (nSPS) is 20.2. The average molecular weight is 606 g/mol. The number of pyridine rings is 1. The number of nitrogens with one attached hydrogen (secondary N) is 2. The van der Waals surface area contributed by atoms with Crippen molar-refractivity contribution in [2.75, 3.05) is 52.8 Å². The van der Waals surface area contributed by atoms with Crippen molar-refractivity contribution in [3.8, 4) is 5.75 Å². The zero-order chi connectivity index (χ0) is 30.5. The van der Waals surface area contributed by atoms with Crippen LogP contribution in [0.5, 0.6) is 5.75 Å². The van der Waals surface area contributed by atoms with E-state index in [1.165, 1.54) is 21.7 Å². The highest BCUT2D eigenvalue weighted by atomic mass is 19.1. The lowest BCUT2D eigenvalue weighted by atomic mass is 10.1. The molecule has 3 aliphatic rings. The van der Waals surface area contributed by atoms with Gasteiger partial charge in [-0.3, -0.25) is 19.3 Å². The molecule has 2 unspecified atom stereocenters. The summed E-state index contributed by atoms with van der Waals surface area (Å²) in [6, 6.07) is 2.73. The molecule has 0 saturated carbocycles. The Kier molecular flexibility index (Phi) is 9.52. The van der Waals surface area contributed by atoms with Crippen molar-refractivity contribution in [3.05, 3.63) is 63.1 Å². The highest BCUT2D eigenvalue weighted by Crippen LogP contribution is 2.30. The molecule has 5 rings (SSSR count). The lowest BCUT2D eigenvalue weighted by molar-refractivity contribution is -0.112. The first kappa shape index (κ1) is 30.4. The van der Waals surface area contributed by atoms with Gasteiger partial charge in [0.25, 0.3) is 11.8 Å². The Labute approximate surface area is 245 Å². The van der Waals surface area contributed by atoms with Crippen molar-refractivity contribution in [2.24, 2.45) is 0 Å². The molecule has 3 aliphatic heterocycles. The number of hydrogen-bond acceptors (Lipinski definition) is 9. The van der Waals surface area contributed by atoms with Crippen LogP contribution in [0.4, 0.5) is 13.6 Å². The molecule has 2 saturated heterocycles. The topological polar surface area (TPSA) is 141 Å². The van der Waals surface area contributed by atoms with Gasteiger partial charge in [0.2, 0.25) is 18.0 Å². The number of rotatable bonds is 9. The van der Waals surface area contributed by atoms with Crippen LogP contribution in [-0.2, 0) is 27.3 Å². The highest BCUT2D eigenvalue weighted by Gasteiger charge is 2.41. The van der Waals surface area contributed by atoms with Gasteiger partial charge >= 0.3 is 6.09 Å². The second kappa shape index (κ2) is 13.5. The van der Waals surface area contributed by atoms with E-state index in [4.69, 9.17) is 18.9 Å². The molecule has 0 spiro atoms. The third-order valence-electron chi connectivity index (χ3n) is 7.55. The molecule has 1 aromatic heterocycles. The fourth-order valence-corrected chi connectivity index (χ4v) is 5.21. The first-order valence-corrected chi connectivity index (χ1v) is 14.0. The average Bonchev–Trinajstić information content (AvgIpc) is 2.98. The number of halogens is 2. The fourth-order valence-electron chi connectivity index (χ4n) is 5.21. The zero-order valence-electron chi connectivity index (χ0n) is 23.6. The van der Waals surface area contributed by atoms with Crippen LogP contribution in [0.1, 0.15) is 39.8 Å². The molecule has 3 amide bonds. The van der Waals surface area contributed by atoms with Gasteiger partial charge in [0.1, 0.15) is 17.2 Å². The number of fused-ring (bicyclic) bond motifs is 2. The molecule has 232 valence electrons. The zero-order valence-corrected chi connectivity index (χ0v) is 23.6. The van der Waals surface area contributed by atoms with E-state index in [-0.39, 0.29) is 36.0 Å². The molecule has 43 heavy (non-hydrogen) atoms. The van der Waals surface area contributed by atoms with E-state index < -0.39 is 53.7 Å². The van der Waals surface area contributed by atoms with Crippen LogP contribution in [-0.4, -0.2) is 97.3 Å². The van der Waals surface area contributed by atoms with Crippen LogP contribution < -0.4 is 20.8 Å². The van der Waals surface area contributed by atoms with Crippen molar-refractivity contribution < 1.29 is 42.1 Å². The van der Waals surface area contributed by atoms with E-state index in [0.717, 1.165) is 19.2 Å². The molecule has 13 nitrogen and oxygen atoms in total. The SMILES string of the molecule is CC1CCOC2Cn3cc(C(=O)NCc4ccc(F)cc4F)c(=O)c(OCOC(=O)NCCN4CCOCC4)c3C(=O)N12. The third-order valence-corrected chi connectivity index (χ3v) is 7.55. The maximum atomic E-state index is 14.1. The molecule has 4 heterocycles. The van der Waals surface area contributed by atoms with E-state index in [2.05, 4.69) is 15.5 Å². The molecule has 0 aliphatic carbocycles. The Bertz CT molecular complexity index is 1430. The first-order chi connectivity index (χ1) is 20.7. The summed E-state index contributed by atoms with van der Waals surface area (Å²) in [7, 11) is 0. The predicted molar refractivity (Wildman–Crippen MR) is 145 cm³/mol. The van der Waals surface area contributed by atoms with Gasteiger partial charge in [-0.05, 0) is 19.4 Å². The smallest absolute Gasteiger partial charge is 0.410 e. The summed E-state index contributed by atoms with van der Waals surface area (Å²) in [5, 5.41) is 5.04.